The summed E-state index contributed by atoms with van der Waals surface area (Å²) in [6.07, 6.45) is 1.83. The predicted octanol–water partition coefficient (Wildman–Crippen LogP) is 2.79. The van der Waals surface area contributed by atoms with Gasteiger partial charge in [0.25, 0.3) is 0 Å². The maximum absolute atomic E-state index is 12.5. The number of benzene rings is 2. The van der Waals surface area contributed by atoms with Crippen molar-refractivity contribution < 1.29 is 14.3 Å². The minimum Gasteiger partial charge on any atom is -0.497 e. The molecule has 1 aliphatic heterocycles. The monoisotopic (exact) mass is 366 g/mol. The number of nitrogens with one attached hydrogen (secondary N) is 1. The molecule has 0 bridgehead atoms. The zero-order valence-corrected chi connectivity index (χ0v) is 15.7. The molecule has 1 N–H and O–H groups in total. The van der Waals surface area contributed by atoms with E-state index in [9.17, 15) is 9.59 Å². The number of methoxy groups -OCH3 is 1. The summed E-state index contributed by atoms with van der Waals surface area (Å²) < 4.78 is 5.17. The third-order valence-electron chi connectivity index (χ3n) is 5.01. The summed E-state index contributed by atoms with van der Waals surface area (Å²) in [5.41, 5.74) is 2.23. The fourth-order valence-corrected chi connectivity index (χ4v) is 3.33. The zero-order valence-electron chi connectivity index (χ0n) is 15.7. The van der Waals surface area contributed by atoms with E-state index in [0.717, 1.165) is 23.3 Å². The van der Waals surface area contributed by atoms with Crippen LogP contribution in [0.15, 0.2) is 54.6 Å². The molecule has 3 rings (SSSR count). The second-order valence-corrected chi connectivity index (χ2v) is 6.88. The second kappa shape index (κ2) is 9.21. The van der Waals surface area contributed by atoms with Gasteiger partial charge in [0, 0.05) is 26.1 Å². The van der Waals surface area contributed by atoms with Crippen molar-refractivity contribution in [1.82, 2.24) is 10.2 Å². The van der Waals surface area contributed by atoms with Crippen molar-refractivity contribution in [3.8, 4) is 5.75 Å². The summed E-state index contributed by atoms with van der Waals surface area (Å²) >= 11 is 0. The predicted molar refractivity (Wildman–Crippen MR) is 104 cm³/mol. The number of carbonyl (C=O) groups is 2. The van der Waals surface area contributed by atoms with E-state index >= 15 is 0 Å². The van der Waals surface area contributed by atoms with Crippen molar-refractivity contribution in [1.29, 1.82) is 0 Å². The smallest absolute Gasteiger partial charge is 0.225 e. The molecule has 2 aromatic rings. The number of hydrogen-bond acceptors (Lipinski definition) is 3. The molecule has 2 amide bonds. The normalized spacial score (nSPS) is 16.9. The number of likely N-dealkylation sites (tertiary alicyclic amines) is 1. The lowest BCUT2D eigenvalue weighted by Gasteiger charge is -2.32. The summed E-state index contributed by atoms with van der Waals surface area (Å²) in [6, 6.07) is 17.7. The van der Waals surface area contributed by atoms with Gasteiger partial charge in [0.15, 0.2) is 0 Å². The summed E-state index contributed by atoms with van der Waals surface area (Å²) in [6.45, 7) is 1.65. The Labute approximate surface area is 160 Å². The van der Waals surface area contributed by atoms with Crippen LogP contribution in [0.3, 0.4) is 0 Å². The van der Waals surface area contributed by atoms with E-state index in [0.29, 0.717) is 32.5 Å². The van der Waals surface area contributed by atoms with Crippen LogP contribution in [0.5, 0.6) is 5.75 Å². The van der Waals surface area contributed by atoms with Gasteiger partial charge in [0.1, 0.15) is 5.75 Å². The molecule has 2 aromatic carbocycles. The molecule has 1 atom stereocenters. The van der Waals surface area contributed by atoms with E-state index in [2.05, 4.69) is 5.32 Å². The van der Waals surface area contributed by atoms with Crippen LogP contribution in [0.2, 0.25) is 0 Å². The number of nitrogens with zero attached hydrogens (tertiary/aromatic N) is 1. The Morgan fingerprint density at radius 2 is 1.85 bits per heavy atom. The Balaban J connectivity index is 1.50. The summed E-state index contributed by atoms with van der Waals surface area (Å²) in [5.74, 6) is 0.849. The van der Waals surface area contributed by atoms with E-state index in [1.54, 1.807) is 7.11 Å². The fourth-order valence-electron chi connectivity index (χ4n) is 3.33. The van der Waals surface area contributed by atoms with Crippen LogP contribution in [-0.4, -0.2) is 36.9 Å². The van der Waals surface area contributed by atoms with Crippen LogP contribution in [-0.2, 0) is 22.6 Å². The highest BCUT2D eigenvalue weighted by Gasteiger charge is 2.29. The van der Waals surface area contributed by atoms with Crippen molar-refractivity contribution in [3.05, 3.63) is 65.7 Å². The van der Waals surface area contributed by atoms with Gasteiger partial charge in [0.2, 0.25) is 11.8 Å². The van der Waals surface area contributed by atoms with Gasteiger partial charge in [-0.05, 0) is 36.1 Å². The maximum Gasteiger partial charge on any atom is 0.225 e. The highest BCUT2D eigenvalue weighted by Crippen LogP contribution is 2.19. The highest BCUT2D eigenvalue weighted by atomic mass is 16.5. The van der Waals surface area contributed by atoms with Crippen molar-refractivity contribution in [2.75, 3.05) is 20.2 Å². The molecule has 0 radical (unpaired) electrons. The lowest BCUT2D eigenvalue weighted by atomic mass is 9.96. The van der Waals surface area contributed by atoms with Crippen LogP contribution in [0, 0.1) is 5.92 Å². The second-order valence-electron chi connectivity index (χ2n) is 6.88. The Morgan fingerprint density at radius 3 is 2.56 bits per heavy atom. The van der Waals surface area contributed by atoms with Crippen molar-refractivity contribution in [2.24, 2.45) is 5.92 Å². The molecule has 1 saturated heterocycles. The summed E-state index contributed by atoms with van der Waals surface area (Å²) in [4.78, 5) is 26.6. The molecule has 5 nitrogen and oxygen atoms in total. The lowest BCUT2D eigenvalue weighted by molar-refractivity contribution is -0.138. The van der Waals surface area contributed by atoms with Crippen LogP contribution >= 0.6 is 0 Å². The van der Waals surface area contributed by atoms with Gasteiger partial charge >= 0.3 is 0 Å². The summed E-state index contributed by atoms with van der Waals surface area (Å²) in [5, 5.41) is 3.00. The Bertz CT molecular complexity index is 759. The molecule has 27 heavy (non-hydrogen) atoms. The number of amides is 2. The van der Waals surface area contributed by atoms with E-state index < -0.39 is 0 Å². The van der Waals surface area contributed by atoms with E-state index in [-0.39, 0.29) is 17.7 Å². The summed E-state index contributed by atoms with van der Waals surface area (Å²) in [7, 11) is 1.64. The first-order chi connectivity index (χ1) is 13.2. The standard InChI is InChI=1S/C22H26N2O3/c1-27-20-10-7-17(8-11-20)13-14-24-16-19(9-12-21(24)25)22(26)23-15-18-5-3-2-4-6-18/h2-8,10-11,19H,9,12-16H2,1H3,(H,23,26)/t19-/m0/s1. The quantitative estimate of drug-likeness (QED) is 0.820. The van der Waals surface area contributed by atoms with E-state index in [1.165, 1.54) is 0 Å². The van der Waals surface area contributed by atoms with E-state index in [1.807, 2.05) is 59.5 Å². The molecule has 0 aliphatic carbocycles. The zero-order chi connectivity index (χ0) is 19.1. The number of hydrogen-bond donors (Lipinski definition) is 1. The third kappa shape index (κ3) is 5.33. The van der Waals surface area contributed by atoms with Crippen molar-refractivity contribution in [3.63, 3.8) is 0 Å². The maximum atomic E-state index is 12.5. The molecule has 142 valence electrons. The Hall–Kier alpha value is -2.82. The highest BCUT2D eigenvalue weighted by molar-refractivity contribution is 5.83. The first kappa shape index (κ1) is 19.0. The minimum atomic E-state index is -0.137. The molecule has 5 heteroatoms. The van der Waals surface area contributed by atoms with Crippen LogP contribution in [0.1, 0.15) is 24.0 Å². The Morgan fingerprint density at radius 1 is 1.11 bits per heavy atom. The molecular formula is C22H26N2O3. The van der Waals surface area contributed by atoms with Crippen LogP contribution < -0.4 is 10.1 Å². The van der Waals surface area contributed by atoms with Crippen molar-refractivity contribution in [2.45, 2.75) is 25.8 Å². The first-order valence-electron chi connectivity index (χ1n) is 9.38. The average molecular weight is 366 g/mol. The molecule has 0 spiro atoms. The molecular weight excluding hydrogens is 340 g/mol. The largest absolute Gasteiger partial charge is 0.497 e. The molecule has 0 unspecified atom stereocenters. The van der Waals surface area contributed by atoms with Gasteiger partial charge in [0.05, 0.1) is 13.0 Å². The molecule has 0 aromatic heterocycles. The van der Waals surface area contributed by atoms with Gasteiger partial charge in [-0.2, -0.15) is 0 Å². The van der Waals surface area contributed by atoms with E-state index in [4.69, 9.17) is 4.74 Å². The molecule has 1 fully saturated rings. The molecule has 1 heterocycles. The fraction of sp³-hybridized carbons (Fsp3) is 0.364. The topological polar surface area (TPSA) is 58.6 Å². The van der Waals surface area contributed by atoms with Gasteiger partial charge < -0.3 is 15.0 Å². The number of rotatable bonds is 7. The average Bonchev–Trinajstić information content (AvgIpc) is 2.72. The number of ether oxygens (including phenoxy) is 1. The minimum absolute atomic E-state index is 0.0285. The SMILES string of the molecule is COc1ccc(CCN2C[C@@H](C(=O)NCc3ccccc3)CCC2=O)cc1. The molecule has 1 aliphatic rings. The molecule has 0 saturated carbocycles. The van der Waals surface area contributed by atoms with Crippen LogP contribution in [0.25, 0.3) is 0 Å². The lowest BCUT2D eigenvalue weighted by Crippen LogP contribution is -2.46. The van der Waals surface area contributed by atoms with Crippen LogP contribution in [0.4, 0.5) is 0 Å². The number of piperidine rings is 1. The van der Waals surface area contributed by atoms with Gasteiger partial charge in [-0.1, -0.05) is 42.5 Å². The number of carbonyl (C=O) groups excluding carboxylic acids is 2. The van der Waals surface area contributed by atoms with Crippen molar-refractivity contribution >= 4 is 11.8 Å². The Kier molecular flexibility index (Phi) is 6.47. The third-order valence-corrected chi connectivity index (χ3v) is 5.01. The van der Waals surface area contributed by atoms with Gasteiger partial charge in [-0.3, -0.25) is 9.59 Å². The van der Waals surface area contributed by atoms with Gasteiger partial charge in [-0.25, -0.2) is 0 Å². The first-order valence-corrected chi connectivity index (χ1v) is 9.38. The van der Waals surface area contributed by atoms with Gasteiger partial charge in [-0.15, -0.1) is 0 Å².